The Morgan fingerprint density at radius 2 is 1.70 bits per heavy atom. The molecule has 0 fully saturated rings. The Kier molecular flexibility index (Phi) is 5.36. The molecule has 0 bridgehead atoms. The van der Waals surface area contributed by atoms with Gasteiger partial charge in [-0.2, -0.15) is 5.10 Å². The van der Waals surface area contributed by atoms with Crippen molar-refractivity contribution in [1.82, 2.24) is 9.78 Å². The smallest absolute Gasteiger partial charge is 0.357 e. The normalized spacial score (nSPS) is 10.5. The maximum Gasteiger partial charge on any atom is 0.357 e. The minimum absolute atomic E-state index is 0.0690. The summed E-state index contributed by atoms with van der Waals surface area (Å²) in [4.78, 5) is 25.0. The first-order chi connectivity index (χ1) is 13.0. The van der Waals surface area contributed by atoms with E-state index in [9.17, 15) is 14.0 Å². The van der Waals surface area contributed by atoms with Crippen molar-refractivity contribution in [2.75, 3.05) is 14.2 Å². The zero-order valence-corrected chi connectivity index (χ0v) is 16.0. The third kappa shape index (κ3) is 3.48. The molecule has 0 saturated carbocycles. The number of esters is 2. The SMILES string of the molecule is COC(=O)c1c(-c2ccc(F)cc2Br)nn(-c2ccccc2)c1C(=O)OC. The Bertz CT molecular complexity index is 1020. The molecule has 0 unspecified atom stereocenters. The lowest BCUT2D eigenvalue weighted by molar-refractivity contribution is 0.0549. The number of para-hydroxylation sites is 1. The van der Waals surface area contributed by atoms with Crippen LogP contribution in [0.1, 0.15) is 20.8 Å². The average molecular weight is 433 g/mol. The molecule has 8 heteroatoms. The number of carbonyl (C=O) groups is 2. The lowest BCUT2D eigenvalue weighted by Gasteiger charge is -2.07. The van der Waals surface area contributed by atoms with Crippen molar-refractivity contribution in [2.24, 2.45) is 0 Å². The van der Waals surface area contributed by atoms with Crippen LogP contribution in [0.2, 0.25) is 0 Å². The molecule has 0 aliphatic heterocycles. The van der Waals surface area contributed by atoms with Crippen LogP contribution in [-0.4, -0.2) is 35.9 Å². The van der Waals surface area contributed by atoms with Crippen molar-refractivity contribution >= 4 is 27.9 Å². The first-order valence-corrected chi connectivity index (χ1v) is 8.57. The molecule has 1 heterocycles. The van der Waals surface area contributed by atoms with Crippen LogP contribution >= 0.6 is 15.9 Å². The third-order valence-corrected chi connectivity index (χ3v) is 4.50. The second-order valence-corrected chi connectivity index (χ2v) is 6.28. The van der Waals surface area contributed by atoms with Crippen LogP contribution in [0, 0.1) is 5.82 Å². The van der Waals surface area contributed by atoms with Crippen LogP contribution in [0.5, 0.6) is 0 Å². The van der Waals surface area contributed by atoms with E-state index >= 15 is 0 Å². The Morgan fingerprint density at radius 3 is 2.30 bits per heavy atom. The number of halogens is 2. The number of aromatic nitrogens is 2. The maximum absolute atomic E-state index is 13.5. The van der Waals surface area contributed by atoms with E-state index in [2.05, 4.69) is 21.0 Å². The molecular formula is C19H14BrFN2O4. The molecular weight excluding hydrogens is 419 g/mol. The minimum atomic E-state index is -0.760. The molecule has 6 nitrogen and oxygen atoms in total. The summed E-state index contributed by atoms with van der Waals surface area (Å²) in [5.41, 5.74) is 0.990. The van der Waals surface area contributed by atoms with Gasteiger partial charge in [0.25, 0.3) is 0 Å². The van der Waals surface area contributed by atoms with Gasteiger partial charge in [-0.3, -0.25) is 0 Å². The standard InChI is InChI=1S/C19H14BrFN2O4/c1-26-18(24)15-16(13-9-8-11(21)10-14(13)20)22-23(17(15)19(25)27-2)12-6-4-3-5-7-12/h3-10H,1-2H3. The summed E-state index contributed by atoms with van der Waals surface area (Å²) >= 11 is 3.28. The van der Waals surface area contributed by atoms with Crippen LogP contribution in [0.15, 0.2) is 53.0 Å². The molecule has 0 amide bonds. The molecule has 138 valence electrons. The van der Waals surface area contributed by atoms with E-state index in [0.29, 0.717) is 15.7 Å². The first kappa shape index (κ1) is 18.8. The Labute approximate surface area is 162 Å². The van der Waals surface area contributed by atoms with Crippen molar-refractivity contribution < 1.29 is 23.5 Å². The topological polar surface area (TPSA) is 70.4 Å². The molecule has 0 spiro atoms. The lowest BCUT2D eigenvalue weighted by Crippen LogP contribution is -2.15. The number of ether oxygens (including phenoxy) is 2. The van der Waals surface area contributed by atoms with Gasteiger partial charge in [-0.25, -0.2) is 18.7 Å². The molecule has 3 rings (SSSR count). The molecule has 0 saturated heterocycles. The summed E-state index contributed by atoms with van der Waals surface area (Å²) in [6, 6.07) is 12.7. The van der Waals surface area contributed by atoms with Crippen molar-refractivity contribution in [1.29, 1.82) is 0 Å². The molecule has 27 heavy (non-hydrogen) atoms. The van der Waals surface area contributed by atoms with Crippen LogP contribution in [0.25, 0.3) is 16.9 Å². The number of methoxy groups -OCH3 is 2. The number of hydrogen-bond acceptors (Lipinski definition) is 5. The Morgan fingerprint density at radius 1 is 1.04 bits per heavy atom. The number of rotatable bonds is 4. The Hall–Kier alpha value is -3.00. The van der Waals surface area contributed by atoms with Gasteiger partial charge in [0.1, 0.15) is 17.1 Å². The van der Waals surface area contributed by atoms with Gasteiger partial charge in [-0.15, -0.1) is 0 Å². The summed E-state index contributed by atoms with van der Waals surface area (Å²) in [6.45, 7) is 0. The van der Waals surface area contributed by atoms with Crippen molar-refractivity contribution in [2.45, 2.75) is 0 Å². The molecule has 0 radical (unpaired) electrons. The Balaban J connectivity index is 2.38. The molecule has 1 aromatic heterocycles. The van der Waals surface area contributed by atoms with Gasteiger partial charge in [-0.1, -0.05) is 18.2 Å². The van der Waals surface area contributed by atoms with Gasteiger partial charge >= 0.3 is 11.9 Å². The van der Waals surface area contributed by atoms with E-state index in [1.54, 1.807) is 24.3 Å². The summed E-state index contributed by atoms with van der Waals surface area (Å²) in [6.07, 6.45) is 0. The van der Waals surface area contributed by atoms with E-state index in [1.807, 2.05) is 6.07 Å². The highest BCUT2D eigenvalue weighted by Gasteiger charge is 2.31. The predicted octanol–water partition coefficient (Wildman–Crippen LogP) is 4.01. The highest BCUT2D eigenvalue weighted by atomic mass is 79.9. The van der Waals surface area contributed by atoms with Crippen molar-refractivity contribution in [3.05, 3.63) is 70.1 Å². The molecule has 2 aromatic carbocycles. The fourth-order valence-electron chi connectivity index (χ4n) is 2.62. The van der Waals surface area contributed by atoms with Gasteiger partial charge in [0, 0.05) is 10.0 Å². The first-order valence-electron chi connectivity index (χ1n) is 7.78. The summed E-state index contributed by atoms with van der Waals surface area (Å²) in [5, 5.41) is 4.44. The second kappa shape index (κ2) is 7.71. The van der Waals surface area contributed by atoms with Crippen LogP contribution < -0.4 is 0 Å². The quantitative estimate of drug-likeness (QED) is 0.582. The second-order valence-electron chi connectivity index (χ2n) is 5.43. The number of nitrogens with zero attached hydrogens (tertiary/aromatic N) is 2. The fraction of sp³-hybridized carbons (Fsp3) is 0.105. The van der Waals surface area contributed by atoms with Crippen molar-refractivity contribution in [3.8, 4) is 16.9 Å². The van der Waals surface area contributed by atoms with Crippen LogP contribution in [-0.2, 0) is 9.47 Å². The number of carbonyl (C=O) groups excluding carboxylic acids is 2. The van der Waals surface area contributed by atoms with E-state index < -0.39 is 17.8 Å². The van der Waals surface area contributed by atoms with Gasteiger partial charge in [0.2, 0.25) is 0 Å². The van der Waals surface area contributed by atoms with E-state index in [0.717, 1.165) is 0 Å². The maximum atomic E-state index is 13.5. The molecule has 0 aliphatic carbocycles. The van der Waals surface area contributed by atoms with E-state index in [-0.39, 0.29) is 17.0 Å². The third-order valence-electron chi connectivity index (χ3n) is 3.84. The lowest BCUT2D eigenvalue weighted by atomic mass is 10.1. The fourth-order valence-corrected chi connectivity index (χ4v) is 3.16. The van der Waals surface area contributed by atoms with E-state index in [1.165, 1.54) is 37.1 Å². The molecule has 0 aliphatic rings. The summed E-state index contributed by atoms with van der Waals surface area (Å²) < 4.78 is 24.9. The highest BCUT2D eigenvalue weighted by Crippen LogP contribution is 2.34. The highest BCUT2D eigenvalue weighted by molar-refractivity contribution is 9.10. The minimum Gasteiger partial charge on any atom is -0.465 e. The summed E-state index contributed by atoms with van der Waals surface area (Å²) in [5.74, 6) is -1.97. The van der Waals surface area contributed by atoms with Gasteiger partial charge in [0.15, 0.2) is 5.69 Å². The van der Waals surface area contributed by atoms with Crippen LogP contribution in [0.4, 0.5) is 4.39 Å². The summed E-state index contributed by atoms with van der Waals surface area (Å²) in [7, 11) is 2.41. The molecule has 3 aromatic rings. The van der Waals surface area contributed by atoms with Crippen molar-refractivity contribution in [3.63, 3.8) is 0 Å². The van der Waals surface area contributed by atoms with Gasteiger partial charge < -0.3 is 9.47 Å². The zero-order valence-electron chi connectivity index (χ0n) is 14.4. The molecule has 0 N–H and O–H groups in total. The number of hydrogen-bond donors (Lipinski definition) is 0. The average Bonchev–Trinajstić information content (AvgIpc) is 3.07. The van der Waals surface area contributed by atoms with Gasteiger partial charge in [0.05, 0.1) is 19.9 Å². The zero-order chi connectivity index (χ0) is 19.6. The predicted molar refractivity (Wildman–Crippen MR) is 99.3 cm³/mol. The molecule has 0 atom stereocenters. The van der Waals surface area contributed by atoms with Crippen LogP contribution in [0.3, 0.4) is 0 Å². The van der Waals surface area contributed by atoms with E-state index in [4.69, 9.17) is 9.47 Å². The van der Waals surface area contributed by atoms with Gasteiger partial charge in [-0.05, 0) is 46.3 Å². The number of benzene rings is 2. The monoisotopic (exact) mass is 432 g/mol. The largest absolute Gasteiger partial charge is 0.465 e.